The van der Waals surface area contributed by atoms with Gasteiger partial charge >= 0.3 is 0 Å². The van der Waals surface area contributed by atoms with Gasteiger partial charge in [-0.1, -0.05) is 12.2 Å². The molecule has 0 saturated heterocycles. The van der Waals surface area contributed by atoms with E-state index in [4.69, 9.17) is 14.2 Å². The quantitative estimate of drug-likeness (QED) is 0.201. The van der Waals surface area contributed by atoms with Crippen molar-refractivity contribution in [1.29, 1.82) is 0 Å². The molecular formula is C24H31N3O4. The average molecular weight is 426 g/mol. The van der Waals surface area contributed by atoms with Crippen LogP contribution in [0.5, 0.6) is 17.2 Å². The van der Waals surface area contributed by atoms with Crippen LogP contribution in [-0.2, 0) is 4.79 Å². The predicted octanol–water partition coefficient (Wildman–Crippen LogP) is 4.64. The summed E-state index contributed by atoms with van der Waals surface area (Å²) >= 11 is 0. The third-order valence-corrected chi connectivity index (χ3v) is 4.52. The van der Waals surface area contributed by atoms with Gasteiger partial charge in [-0.15, -0.1) is 0 Å². The second kappa shape index (κ2) is 13.2. The first kappa shape index (κ1) is 24.1. The molecule has 0 fully saturated rings. The maximum absolute atomic E-state index is 10.4. The van der Waals surface area contributed by atoms with Crippen molar-refractivity contribution >= 4 is 12.1 Å². The van der Waals surface area contributed by atoms with Crippen molar-refractivity contribution in [2.45, 2.75) is 47.0 Å². The molecule has 0 radical (unpaired) electrons. The lowest BCUT2D eigenvalue weighted by Crippen LogP contribution is -2.05. The molecule has 7 nitrogen and oxygen atoms in total. The molecule has 0 atom stereocenters. The van der Waals surface area contributed by atoms with Gasteiger partial charge in [0, 0.05) is 0 Å². The summed E-state index contributed by atoms with van der Waals surface area (Å²) in [6, 6.07) is 4.03. The van der Waals surface area contributed by atoms with E-state index in [-0.39, 0.29) is 0 Å². The fourth-order valence-electron chi connectivity index (χ4n) is 2.92. The molecule has 0 spiro atoms. The Morgan fingerprint density at radius 3 is 2.23 bits per heavy atom. The molecule has 1 aromatic heterocycles. The molecule has 0 N–H and O–H groups in total. The summed E-state index contributed by atoms with van der Waals surface area (Å²) in [5.74, 6) is 2.81. The summed E-state index contributed by atoms with van der Waals surface area (Å²) in [6.07, 6.45) is 10.5. The lowest BCUT2D eigenvalue weighted by Gasteiger charge is -2.14. The van der Waals surface area contributed by atoms with E-state index < -0.39 is 0 Å². The largest absolute Gasteiger partial charge is 0.493 e. The van der Waals surface area contributed by atoms with Gasteiger partial charge in [0.15, 0.2) is 11.6 Å². The first-order chi connectivity index (χ1) is 15.0. The van der Waals surface area contributed by atoms with E-state index in [1.54, 1.807) is 19.3 Å². The van der Waals surface area contributed by atoms with E-state index in [1.807, 2.05) is 45.1 Å². The number of aromatic nitrogens is 2. The molecule has 0 aliphatic heterocycles. The zero-order chi connectivity index (χ0) is 22.5. The minimum atomic E-state index is 0.416. The standard InChI is InChI=1S/C24H31N3O4/c1-5-6-10-29-21-13-18(2)23(19(3)14-21)31-12-9-7-8-11-30-22-15-25-24(26-16-22)20(4)27-17-28/h5-6,13-17H,7-12H2,1-4H3/b6-5+,27-20?. The minimum absolute atomic E-state index is 0.416. The molecular weight excluding hydrogens is 394 g/mol. The molecule has 7 heteroatoms. The number of hydrogen-bond donors (Lipinski definition) is 0. The number of unbranched alkanes of at least 4 members (excludes halogenated alkanes) is 2. The summed E-state index contributed by atoms with van der Waals surface area (Å²) in [4.78, 5) is 22.3. The van der Waals surface area contributed by atoms with E-state index >= 15 is 0 Å². The van der Waals surface area contributed by atoms with Gasteiger partial charge in [-0.2, -0.15) is 0 Å². The number of aryl methyl sites for hydroxylation is 2. The highest BCUT2D eigenvalue weighted by molar-refractivity contribution is 5.98. The smallest absolute Gasteiger partial charge is 0.233 e. The number of benzene rings is 1. The molecule has 31 heavy (non-hydrogen) atoms. The number of ether oxygens (including phenoxy) is 3. The molecule has 1 amide bonds. The zero-order valence-electron chi connectivity index (χ0n) is 18.8. The lowest BCUT2D eigenvalue weighted by molar-refractivity contribution is -0.106. The van der Waals surface area contributed by atoms with Crippen molar-refractivity contribution in [3.05, 3.63) is 53.6 Å². The second-order valence-corrected chi connectivity index (χ2v) is 7.09. The number of aliphatic imine (C=N–C) groups is 1. The molecule has 1 aromatic carbocycles. The molecule has 2 aromatic rings. The van der Waals surface area contributed by atoms with Crippen LogP contribution in [0.1, 0.15) is 50.1 Å². The summed E-state index contributed by atoms with van der Waals surface area (Å²) in [6.45, 7) is 9.55. The molecule has 0 aliphatic carbocycles. The van der Waals surface area contributed by atoms with Crippen LogP contribution in [0.15, 0.2) is 41.7 Å². The third kappa shape index (κ3) is 8.20. The van der Waals surface area contributed by atoms with Gasteiger partial charge < -0.3 is 14.2 Å². The van der Waals surface area contributed by atoms with Crippen LogP contribution in [0, 0.1) is 13.8 Å². The lowest BCUT2D eigenvalue weighted by atomic mass is 10.1. The van der Waals surface area contributed by atoms with Gasteiger partial charge in [-0.3, -0.25) is 4.79 Å². The Labute approximate surface area is 184 Å². The summed E-state index contributed by atoms with van der Waals surface area (Å²) in [7, 11) is 0. The Morgan fingerprint density at radius 2 is 1.61 bits per heavy atom. The number of allylic oxidation sites excluding steroid dienone is 1. The monoisotopic (exact) mass is 425 g/mol. The van der Waals surface area contributed by atoms with Gasteiger partial charge in [0.05, 0.1) is 31.3 Å². The number of hydrogen-bond acceptors (Lipinski definition) is 6. The zero-order valence-corrected chi connectivity index (χ0v) is 18.8. The van der Waals surface area contributed by atoms with Crippen LogP contribution in [0.3, 0.4) is 0 Å². The van der Waals surface area contributed by atoms with Crippen LogP contribution in [0.25, 0.3) is 0 Å². The first-order valence-corrected chi connectivity index (χ1v) is 10.5. The van der Waals surface area contributed by atoms with Crippen molar-refractivity contribution < 1.29 is 19.0 Å². The fourth-order valence-corrected chi connectivity index (χ4v) is 2.92. The fraction of sp³-hybridized carbons (Fsp3) is 0.417. The van der Waals surface area contributed by atoms with E-state index in [1.165, 1.54) is 0 Å². The number of nitrogens with zero attached hydrogens (tertiary/aromatic N) is 3. The van der Waals surface area contributed by atoms with Crippen molar-refractivity contribution in [3.63, 3.8) is 0 Å². The van der Waals surface area contributed by atoms with Gasteiger partial charge in [-0.25, -0.2) is 15.0 Å². The van der Waals surface area contributed by atoms with Gasteiger partial charge in [-0.05, 0) is 70.2 Å². The van der Waals surface area contributed by atoms with Crippen LogP contribution in [0.4, 0.5) is 0 Å². The molecule has 0 saturated carbocycles. The van der Waals surface area contributed by atoms with Crippen LogP contribution in [-0.4, -0.2) is 41.9 Å². The van der Waals surface area contributed by atoms with E-state index in [0.29, 0.717) is 43.5 Å². The van der Waals surface area contributed by atoms with Crippen molar-refractivity contribution in [2.75, 3.05) is 19.8 Å². The topological polar surface area (TPSA) is 82.9 Å². The summed E-state index contributed by atoms with van der Waals surface area (Å²) in [5.41, 5.74) is 2.63. The Balaban J connectivity index is 1.67. The molecule has 1 heterocycles. The number of amides is 1. The maximum atomic E-state index is 10.4. The van der Waals surface area contributed by atoms with Gasteiger partial charge in [0.25, 0.3) is 0 Å². The number of carbonyl (C=O) groups is 1. The molecule has 0 unspecified atom stereocenters. The highest BCUT2D eigenvalue weighted by atomic mass is 16.5. The Morgan fingerprint density at radius 1 is 0.968 bits per heavy atom. The first-order valence-electron chi connectivity index (χ1n) is 10.5. The van der Waals surface area contributed by atoms with Crippen LogP contribution >= 0.6 is 0 Å². The summed E-state index contributed by atoms with van der Waals surface area (Å²) in [5, 5.41) is 0. The van der Waals surface area contributed by atoms with Crippen molar-refractivity contribution in [1.82, 2.24) is 9.97 Å². The van der Waals surface area contributed by atoms with Crippen molar-refractivity contribution in [2.24, 2.45) is 4.99 Å². The molecule has 166 valence electrons. The summed E-state index contributed by atoms with van der Waals surface area (Å²) < 4.78 is 17.4. The van der Waals surface area contributed by atoms with E-state index in [0.717, 1.165) is 41.9 Å². The Kier molecular flexibility index (Phi) is 10.2. The van der Waals surface area contributed by atoms with E-state index in [2.05, 4.69) is 15.0 Å². The third-order valence-electron chi connectivity index (χ3n) is 4.52. The average Bonchev–Trinajstić information content (AvgIpc) is 2.75. The second-order valence-electron chi connectivity index (χ2n) is 7.09. The van der Waals surface area contributed by atoms with E-state index in [9.17, 15) is 4.79 Å². The van der Waals surface area contributed by atoms with Crippen molar-refractivity contribution in [3.8, 4) is 17.2 Å². The Bertz CT molecular complexity index is 869. The molecule has 0 bridgehead atoms. The highest BCUT2D eigenvalue weighted by Gasteiger charge is 2.07. The highest BCUT2D eigenvalue weighted by Crippen LogP contribution is 2.28. The Hall–Kier alpha value is -3.22. The van der Waals surface area contributed by atoms with Crippen LogP contribution < -0.4 is 14.2 Å². The maximum Gasteiger partial charge on any atom is 0.233 e. The molecule has 2 rings (SSSR count). The minimum Gasteiger partial charge on any atom is -0.493 e. The predicted molar refractivity (Wildman–Crippen MR) is 121 cm³/mol. The van der Waals surface area contributed by atoms with Gasteiger partial charge in [0.1, 0.15) is 18.1 Å². The van der Waals surface area contributed by atoms with Gasteiger partial charge in [0.2, 0.25) is 6.41 Å². The number of carbonyl (C=O) groups excluding carboxylic acids is 1. The molecule has 0 aliphatic rings. The van der Waals surface area contributed by atoms with Crippen LogP contribution in [0.2, 0.25) is 0 Å². The normalized spacial score (nSPS) is 11.5. The number of rotatable bonds is 13. The SMILES string of the molecule is C/C=C/COc1cc(C)c(OCCCCCOc2cnc(C(C)=NC=O)nc2)c(C)c1.